The number of nitrogens with one attached hydrogen (secondary N) is 1. The van der Waals surface area contributed by atoms with E-state index in [0.717, 1.165) is 6.07 Å². The van der Waals surface area contributed by atoms with E-state index < -0.39 is 17.7 Å². The molecule has 0 aromatic heterocycles. The first-order chi connectivity index (χ1) is 8.56. The summed E-state index contributed by atoms with van der Waals surface area (Å²) in [6, 6.07) is 3.26. The van der Waals surface area contributed by atoms with E-state index >= 15 is 0 Å². The van der Waals surface area contributed by atoms with Gasteiger partial charge in [-0.05, 0) is 24.1 Å². The number of methoxy groups -OCH3 is 1. The first kappa shape index (κ1) is 14.5. The molecule has 0 saturated heterocycles. The minimum Gasteiger partial charge on any atom is -0.370 e. The van der Waals surface area contributed by atoms with Crippen molar-refractivity contribution in [3.63, 3.8) is 0 Å². The molecule has 1 rings (SSSR count). The highest BCUT2D eigenvalue weighted by atomic mass is 19.1. The molecule has 18 heavy (non-hydrogen) atoms. The fourth-order valence-corrected chi connectivity index (χ4v) is 1.51. The molecule has 0 spiro atoms. The number of nitrogens with two attached hydrogens (primary N) is 1. The molecule has 1 atom stereocenters. The summed E-state index contributed by atoms with van der Waals surface area (Å²) < 4.78 is 30.6. The molecule has 0 radical (unpaired) electrons. The molecule has 1 aromatic rings. The van der Waals surface area contributed by atoms with E-state index in [4.69, 9.17) is 10.5 Å². The molecule has 1 unspecified atom stereocenters. The number of halogens is 2. The summed E-state index contributed by atoms with van der Waals surface area (Å²) >= 11 is 0. The van der Waals surface area contributed by atoms with Crippen LogP contribution in [0.2, 0.25) is 0 Å². The van der Waals surface area contributed by atoms with Gasteiger partial charge in [0.1, 0.15) is 17.7 Å². The maximum absolute atomic E-state index is 12.9. The van der Waals surface area contributed by atoms with E-state index in [1.165, 1.54) is 19.2 Å². The molecule has 0 fully saturated rings. The van der Waals surface area contributed by atoms with Gasteiger partial charge in [-0.3, -0.25) is 4.79 Å². The van der Waals surface area contributed by atoms with Crippen molar-refractivity contribution in [2.75, 3.05) is 20.2 Å². The first-order valence-electron chi connectivity index (χ1n) is 5.52. The smallest absolute Gasteiger partial charge is 0.250 e. The minimum absolute atomic E-state index is 0.0803. The quantitative estimate of drug-likeness (QED) is 0.785. The van der Waals surface area contributed by atoms with Gasteiger partial charge in [-0.1, -0.05) is 0 Å². The lowest BCUT2D eigenvalue weighted by Crippen LogP contribution is -2.41. The predicted molar refractivity (Wildman–Crippen MR) is 62.9 cm³/mol. The van der Waals surface area contributed by atoms with Gasteiger partial charge in [0.2, 0.25) is 5.91 Å². The fraction of sp³-hybridized carbons (Fsp3) is 0.417. The Hall–Kier alpha value is -1.53. The highest BCUT2D eigenvalue weighted by Crippen LogP contribution is 2.08. The van der Waals surface area contributed by atoms with E-state index in [-0.39, 0.29) is 19.0 Å². The number of hydrogen-bond donors (Lipinski definition) is 2. The Labute approximate surface area is 104 Å². The third kappa shape index (κ3) is 4.38. The second-order valence-corrected chi connectivity index (χ2v) is 3.78. The van der Waals surface area contributed by atoms with Crippen LogP contribution in [0.25, 0.3) is 0 Å². The Bertz CT molecular complexity index is 389. The van der Waals surface area contributed by atoms with Gasteiger partial charge in [0.15, 0.2) is 0 Å². The van der Waals surface area contributed by atoms with Crippen LogP contribution < -0.4 is 11.1 Å². The molecule has 0 aliphatic rings. The summed E-state index contributed by atoms with van der Waals surface area (Å²) in [7, 11) is 1.39. The van der Waals surface area contributed by atoms with Crippen molar-refractivity contribution in [3.05, 3.63) is 35.4 Å². The van der Waals surface area contributed by atoms with Crippen LogP contribution in [0, 0.1) is 11.6 Å². The molecule has 3 N–H and O–H groups in total. The van der Waals surface area contributed by atoms with Crippen molar-refractivity contribution in [2.24, 2.45) is 5.73 Å². The summed E-state index contributed by atoms with van der Waals surface area (Å²) in [5, 5.41) is 2.58. The Morgan fingerprint density at radius 2 is 2.00 bits per heavy atom. The highest BCUT2D eigenvalue weighted by molar-refractivity contribution is 5.80. The maximum Gasteiger partial charge on any atom is 0.250 e. The van der Waals surface area contributed by atoms with E-state index in [0.29, 0.717) is 12.0 Å². The van der Waals surface area contributed by atoms with E-state index in [2.05, 4.69) is 5.32 Å². The zero-order valence-corrected chi connectivity index (χ0v) is 10.1. The molecular formula is C12H16F2N2O2. The SMILES string of the molecule is COC(CN)C(=O)NCCc1cc(F)cc(F)c1. The van der Waals surface area contributed by atoms with Crippen molar-refractivity contribution in [3.8, 4) is 0 Å². The molecule has 100 valence electrons. The molecule has 0 saturated carbocycles. The molecule has 0 aliphatic heterocycles. The predicted octanol–water partition coefficient (Wildman–Crippen LogP) is 0.597. The average molecular weight is 258 g/mol. The number of rotatable bonds is 6. The van der Waals surface area contributed by atoms with Gasteiger partial charge < -0.3 is 15.8 Å². The van der Waals surface area contributed by atoms with Gasteiger partial charge in [-0.2, -0.15) is 0 Å². The summed E-state index contributed by atoms with van der Waals surface area (Å²) in [6.07, 6.45) is -0.365. The molecular weight excluding hydrogens is 242 g/mol. The van der Waals surface area contributed by atoms with Crippen molar-refractivity contribution in [1.82, 2.24) is 5.32 Å². The molecule has 1 amide bonds. The summed E-state index contributed by atoms with van der Waals surface area (Å²) in [6.45, 7) is 0.346. The van der Waals surface area contributed by atoms with Crippen LogP contribution in [0.15, 0.2) is 18.2 Å². The van der Waals surface area contributed by atoms with Crippen molar-refractivity contribution in [2.45, 2.75) is 12.5 Å². The molecule has 1 aromatic carbocycles. The molecule has 4 nitrogen and oxygen atoms in total. The third-order valence-electron chi connectivity index (χ3n) is 2.43. The van der Waals surface area contributed by atoms with Gasteiger partial charge >= 0.3 is 0 Å². The minimum atomic E-state index is -0.700. The largest absolute Gasteiger partial charge is 0.370 e. The summed E-state index contributed by atoms with van der Waals surface area (Å²) in [4.78, 5) is 11.5. The Morgan fingerprint density at radius 1 is 1.39 bits per heavy atom. The zero-order chi connectivity index (χ0) is 13.5. The van der Waals surface area contributed by atoms with Crippen molar-refractivity contribution >= 4 is 5.91 Å². The maximum atomic E-state index is 12.9. The lowest BCUT2D eigenvalue weighted by Gasteiger charge is -2.12. The van der Waals surface area contributed by atoms with Crippen LogP contribution in [-0.4, -0.2) is 32.2 Å². The lowest BCUT2D eigenvalue weighted by molar-refractivity contribution is -0.130. The van der Waals surface area contributed by atoms with Gasteiger partial charge in [0.05, 0.1) is 0 Å². The average Bonchev–Trinajstić information content (AvgIpc) is 2.29. The van der Waals surface area contributed by atoms with Gasteiger partial charge in [0.25, 0.3) is 0 Å². The van der Waals surface area contributed by atoms with Crippen molar-refractivity contribution in [1.29, 1.82) is 0 Å². The summed E-state index contributed by atoms with van der Waals surface area (Å²) in [5.74, 6) is -1.60. The highest BCUT2D eigenvalue weighted by Gasteiger charge is 2.14. The zero-order valence-electron chi connectivity index (χ0n) is 10.1. The van der Waals surface area contributed by atoms with E-state index in [9.17, 15) is 13.6 Å². The van der Waals surface area contributed by atoms with Crippen LogP contribution in [0.3, 0.4) is 0 Å². The van der Waals surface area contributed by atoms with Crippen LogP contribution in [0.1, 0.15) is 5.56 Å². The van der Waals surface area contributed by atoms with Gasteiger partial charge in [-0.15, -0.1) is 0 Å². The van der Waals surface area contributed by atoms with Gasteiger partial charge in [0, 0.05) is 26.3 Å². The number of ether oxygens (including phenoxy) is 1. The number of carbonyl (C=O) groups is 1. The lowest BCUT2D eigenvalue weighted by atomic mass is 10.1. The van der Waals surface area contributed by atoms with Crippen LogP contribution >= 0.6 is 0 Å². The molecule has 0 heterocycles. The Kier molecular flexibility index (Phi) is 5.67. The first-order valence-corrected chi connectivity index (χ1v) is 5.52. The third-order valence-corrected chi connectivity index (χ3v) is 2.43. The number of carbonyl (C=O) groups excluding carboxylic acids is 1. The van der Waals surface area contributed by atoms with Gasteiger partial charge in [-0.25, -0.2) is 8.78 Å². The Morgan fingerprint density at radius 3 is 2.50 bits per heavy atom. The second-order valence-electron chi connectivity index (χ2n) is 3.78. The summed E-state index contributed by atoms with van der Waals surface area (Å²) in [5.41, 5.74) is 5.80. The fourth-order valence-electron chi connectivity index (χ4n) is 1.51. The second kappa shape index (κ2) is 7.03. The van der Waals surface area contributed by atoms with E-state index in [1.54, 1.807) is 0 Å². The number of benzene rings is 1. The van der Waals surface area contributed by atoms with Crippen LogP contribution in [0.4, 0.5) is 8.78 Å². The van der Waals surface area contributed by atoms with Crippen LogP contribution in [0.5, 0.6) is 0 Å². The monoisotopic (exact) mass is 258 g/mol. The molecule has 6 heteroatoms. The Balaban J connectivity index is 2.44. The normalized spacial score (nSPS) is 12.2. The molecule has 0 aliphatic carbocycles. The number of hydrogen-bond acceptors (Lipinski definition) is 3. The molecule has 0 bridgehead atoms. The standard InChI is InChI=1S/C12H16F2N2O2/c1-18-11(7-15)12(17)16-3-2-8-4-9(13)6-10(14)5-8/h4-6,11H,2-3,7,15H2,1H3,(H,16,17). The van der Waals surface area contributed by atoms with E-state index in [1.807, 2.05) is 0 Å². The van der Waals surface area contributed by atoms with Crippen LogP contribution in [-0.2, 0) is 16.0 Å². The number of amides is 1. The van der Waals surface area contributed by atoms with Crippen molar-refractivity contribution < 1.29 is 18.3 Å². The topological polar surface area (TPSA) is 64.3 Å².